The van der Waals surface area contributed by atoms with Crippen LogP contribution in [0.2, 0.25) is 5.02 Å². The first-order chi connectivity index (χ1) is 6.63. The van der Waals surface area contributed by atoms with E-state index in [9.17, 15) is 5.11 Å². The van der Waals surface area contributed by atoms with Crippen LogP contribution in [0.4, 0.5) is 0 Å². The summed E-state index contributed by atoms with van der Waals surface area (Å²) in [6, 6.07) is 7.69. The highest BCUT2D eigenvalue weighted by Crippen LogP contribution is 2.21. The van der Waals surface area contributed by atoms with Gasteiger partial charge in [-0.3, -0.25) is 0 Å². The van der Waals surface area contributed by atoms with Gasteiger partial charge in [-0.25, -0.2) is 0 Å². The van der Waals surface area contributed by atoms with Crippen molar-refractivity contribution in [2.24, 2.45) is 0 Å². The number of benzene rings is 1. The number of allylic oxidation sites excluding steroid dienone is 1. The van der Waals surface area contributed by atoms with Crippen molar-refractivity contribution >= 4 is 17.2 Å². The van der Waals surface area contributed by atoms with E-state index < -0.39 is 6.10 Å². The molecule has 0 radical (unpaired) electrons. The predicted molar refractivity (Wildman–Crippen MR) is 61.4 cm³/mol. The van der Waals surface area contributed by atoms with Gasteiger partial charge in [0.2, 0.25) is 0 Å². The Morgan fingerprint density at radius 3 is 2.79 bits per heavy atom. The molecule has 0 saturated carbocycles. The molecule has 0 fully saturated rings. The predicted octanol–water partition coefficient (Wildman–Crippen LogP) is 3.51. The fraction of sp³-hybridized carbons (Fsp3) is 0.333. The topological polar surface area (TPSA) is 20.2 Å². The lowest BCUT2D eigenvalue weighted by molar-refractivity contribution is 0.244. The van der Waals surface area contributed by atoms with Crippen molar-refractivity contribution in [3.8, 4) is 0 Å². The zero-order valence-electron chi connectivity index (χ0n) is 8.50. The molecule has 1 nitrogen and oxygen atoms in total. The SMILES string of the molecule is CC/C(=C/C(C)O)c1cccc(Cl)c1. The third kappa shape index (κ3) is 3.17. The summed E-state index contributed by atoms with van der Waals surface area (Å²) in [5.41, 5.74) is 2.21. The van der Waals surface area contributed by atoms with Gasteiger partial charge in [0.25, 0.3) is 0 Å². The smallest absolute Gasteiger partial charge is 0.0698 e. The molecule has 0 saturated heterocycles. The molecule has 0 aliphatic carbocycles. The molecule has 1 aromatic rings. The van der Waals surface area contributed by atoms with Crippen molar-refractivity contribution in [2.45, 2.75) is 26.4 Å². The lowest BCUT2D eigenvalue weighted by Crippen LogP contribution is -1.95. The summed E-state index contributed by atoms with van der Waals surface area (Å²) in [5.74, 6) is 0. The number of hydrogen-bond donors (Lipinski definition) is 1. The number of rotatable bonds is 3. The van der Waals surface area contributed by atoms with Gasteiger partial charge in [-0.2, -0.15) is 0 Å². The summed E-state index contributed by atoms with van der Waals surface area (Å²) in [6.07, 6.45) is 2.33. The Bertz CT molecular complexity index is 329. The highest BCUT2D eigenvalue weighted by atomic mass is 35.5. The average Bonchev–Trinajstić information content (AvgIpc) is 2.14. The van der Waals surface area contributed by atoms with E-state index in [1.807, 2.05) is 30.3 Å². The third-order valence-corrected chi connectivity index (χ3v) is 2.25. The molecule has 0 heterocycles. The van der Waals surface area contributed by atoms with Crippen LogP contribution in [-0.2, 0) is 0 Å². The molecule has 1 atom stereocenters. The zero-order valence-corrected chi connectivity index (χ0v) is 9.25. The minimum atomic E-state index is -0.413. The first-order valence-corrected chi connectivity index (χ1v) is 5.16. The molecule has 2 heteroatoms. The van der Waals surface area contributed by atoms with Crippen LogP contribution >= 0.6 is 11.6 Å². The van der Waals surface area contributed by atoms with Gasteiger partial charge in [0, 0.05) is 5.02 Å². The van der Waals surface area contributed by atoms with Crippen LogP contribution < -0.4 is 0 Å². The molecule has 1 aromatic carbocycles. The minimum absolute atomic E-state index is 0.413. The molecule has 0 spiro atoms. The molecule has 14 heavy (non-hydrogen) atoms. The molecule has 1 N–H and O–H groups in total. The van der Waals surface area contributed by atoms with Crippen molar-refractivity contribution in [1.82, 2.24) is 0 Å². The van der Waals surface area contributed by atoms with E-state index in [2.05, 4.69) is 6.92 Å². The second-order valence-corrected chi connectivity index (χ2v) is 3.73. The highest BCUT2D eigenvalue weighted by molar-refractivity contribution is 6.30. The summed E-state index contributed by atoms with van der Waals surface area (Å²) < 4.78 is 0. The Morgan fingerprint density at radius 2 is 2.29 bits per heavy atom. The van der Waals surface area contributed by atoms with Gasteiger partial charge in [-0.15, -0.1) is 0 Å². The largest absolute Gasteiger partial charge is 0.389 e. The van der Waals surface area contributed by atoms with E-state index in [1.165, 1.54) is 0 Å². The van der Waals surface area contributed by atoms with E-state index in [1.54, 1.807) is 6.92 Å². The summed E-state index contributed by atoms with van der Waals surface area (Å²) in [6.45, 7) is 3.81. The van der Waals surface area contributed by atoms with Gasteiger partial charge in [-0.1, -0.05) is 36.7 Å². The number of aliphatic hydroxyl groups excluding tert-OH is 1. The van der Waals surface area contributed by atoms with Crippen molar-refractivity contribution in [3.05, 3.63) is 40.9 Å². The first kappa shape index (κ1) is 11.3. The Balaban J connectivity index is 3.01. The molecule has 76 valence electrons. The molecule has 0 aliphatic rings. The van der Waals surface area contributed by atoms with Crippen molar-refractivity contribution in [2.75, 3.05) is 0 Å². The fourth-order valence-corrected chi connectivity index (χ4v) is 1.59. The van der Waals surface area contributed by atoms with E-state index in [4.69, 9.17) is 11.6 Å². The number of aliphatic hydroxyl groups is 1. The highest BCUT2D eigenvalue weighted by Gasteiger charge is 2.01. The Hall–Kier alpha value is -0.790. The van der Waals surface area contributed by atoms with Crippen molar-refractivity contribution in [3.63, 3.8) is 0 Å². The van der Waals surface area contributed by atoms with Crippen molar-refractivity contribution < 1.29 is 5.11 Å². The van der Waals surface area contributed by atoms with Gasteiger partial charge in [0.15, 0.2) is 0 Å². The van der Waals surface area contributed by atoms with Crippen molar-refractivity contribution in [1.29, 1.82) is 0 Å². The maximum absolute atomic E-state index is 9.28. The molecule has 0 aliphatic heterocycles. The lowest BCUT2D eigenvalue weighted by Gasteiger charge is -2.07. The molecular weight excluding hydrogens is 196 g/mol. The van der Waals surface area contributed by atoms with E-state index >= 15 is 0 Å². The minimum Gasteiger partial charge on any atom is -0.389 e. The van der Waals surface area contributed by atoms with Crippen LogP contribution in [0, 0.1) is 0 Å². The normalized spacial score (nSPS) is 14.1. The van der Waals surface area contributed by atoms with E-state index in [0.717, 1.165) is 22.6 Å². The lowest BCUT2D eigenvalue weighted by atomic mass is 10.0. The summed E-state index contributed by atoms with van der Waals surface area (Å²) >= 11 is 5.89. The van der Waals surface area contributed by atoms with Crippen LogP contribution in [0.15, 0.2) is 30.3 Å². The molecule has 0 aromatic heterocycles. The van der Waals surface area contributed by atoms with Gasteiger partial charge in [-0.05, 0) is 36.6 Å². The monoisotopic (exact) mass is 210 g/mol. The second kappa shape index (κ2) is 5.18. The molecule has 0 bridgehead atoms. The van der Waals surface area contributed by atoms with Gasteiger partial charge < -0.3 is 5.11 Å². The molecular formula is C12H15ClO. The first-order valence-electron chi connectivity index (χ1n) is 4.78. The summed E-state index contributed by atoms with van der Waals surface area (Å²) in [5, 5.41) is 10.0. The van der Waals surface area contributed by atoms with Crippen LogP contribution in [0.3, 0.4) is 0 Å². The van der Waals surface area contributed by atoms with Gasteiger partial charge >= 0.3 is 0 Å². The quantitative estimate of drug-likeness (QED) is 0.810. The number of halogens is 1. The molecule has 1 rings (SSSR count). The van der Waals surface area contributed by atoms with Crippen LogP contribution in [-0.4, -0.2) is 11.2 Å². The third-order valence-electron chi connectivity index (χ3n) is 2.02. The maximum atomic E-state index is 9.28. The molecule has 1 unspecified atom stereocenters. The van der Waals surface area contributed by atoms with Crippen LogP contribution in [0.25, 0.3) is 5.57 Å². The molecule has 0 amide bonds. The van der Waals surface area contributed by atoms with E-state index in [0.29, 0.717) is 0 Å². The van der Waals surface area contributed by atoms with E-state index in [-0.39, 0.29) is 0 Å². The Labute approximate surface area is 90.0 Å². The summed E-state index contributed by atoms with van der Waals surface area (Å²) in [7, 11) is 0. The summed E-state index contributed by atoms with van der Waals surface area (Å²) in [4.78, 5) is 0. The zero-order chi connectivity index (χ0) is 10.6. The Kier molecular flexibility index (Phi) is 4.18. The Morgan fingerprint density at radius 1 is 1.57 bits per heavy atom. The maximum Gasteiger partial charge on any atom is 0.0698 e. The standard InChI is InChI=1S/C12H15ClO/c1-3-10(7-9(2)14)11-5-4-6-12(13)8-11/h4-9,14H,3H2,1-2H3/b10-7-. The fourth-order valence-electron chi connectivity index (χ4n) is 1.40. The number of hydrogen-bond acceptors (Lipinski definition) is 1. The van der Waals surface area contributed by atoms with Gasteiger partial charge in [0.1, 0.15) is 0 Å². The van der Waals surface area contributed by atoms with Crippen LogP contribution in [0.1, 0.15) is 25.8 Å². The van der Waals surface area contributed by atoms with Crippen LogP contribution in [0.5, 0.6) is 0 Å². The van der Waals surface area contributed by atoms with Gasteiger partial charge in [0.05, 0.1) is 6.10 Å². The second-order valence-electron chi connectivity index (χ2n) is 3.30. The average molecular weight is 211 g/mol.